The SMILES string of the molecule is N#Cc1ccc(N2CC(C(=O)O)NCC2=O)cc1. The maximum Gasteiger partial charge on any atom is 0.322 e. The van der Waals surface area contributed by atoms with Crippen molar-refractivity contribution < 1.29 is 14.7 Å². The normalized spacial score (nSPS) is 19.4. The molecule has 1 unspecified atom stereocenters. The smallest absolute Gasteiger partial charge is 0.322 e. The number of carbonyl (C=O) groups excluding carboxylic acids is 1. The van der Waals surface area contributed by atoms with Gasteiger partial charge in [0.15, 0.2) is 0 Å². The van der Waals surface area contributed by atoms with Crippen LogP contribution in [-0.4, -0.2) is 36.1 Å². The van der Waals surface area contributed by atoms with E-state index in [0.717, 1.165) is 0 Å². The molecule has 6 heteroatoms. The average molecular weight is 245 g/mol. The molecule has 0 radical (unpaired) electrons. The number of piperazine rings is 1. The summed E-state index contributed by atoms with van der Waals surface area (Å²) in [6.07, 6.45) is 0. The number of aliphatic carboxylic acids is 1. The summed E-state index contributed by atoms with van der Waals surface area (Å²) in [5, 5.41) is 20.3. The molecule has 0 aromatic heterocycles. The first-order valence-corrected chi connectivity index (χ1v) is 5.38. The summed E-state index contributed by atoms with van der Waals surface area (Å²) in [7, 11) is 0. The second-order valence-electron chi connectivity index (χ2n) is 3.93. The minimum absolute atomic E-state index is 0.00301. The molecule has 0 bridgehead atoms. The number of nitrogens with zero attached hydrogens (tertiary/aromatic N) is 2. The standard InChI is InChI=1S/C12H11N3O3/c13-5-8-1-3-9(4-2-8)15-7-10(12(17)18)14-6-11(15)16/h1-4,10,14H,6-7H2,(H,17,18). The number of carboxylic acids is 1. The quantitative estimate of drug-likeness (QED) is 0.761. The number of nitrogens with one attached hydrogen (secondary N) is 1. The number of benzene rings is 1. The van der Waals surface area contributed by atoms with Crippen LogP contribution in [0, 0.1) is 11.3 Å². The molecule has 1 aliphatic rings. The summed E-state index contributed by atoms with van der Waals surface area (Å²) >= 11 is 0. The van der Waals surface area contributed by atoms with E-state index in [1.54, 1.807) is 24.3 Å². The third-order valence-electron chi connectivity index (χ3n) is 2.77. The highest BCUT2D eigenvalue weighted by molar-refractivity contribution is 5.97. The van der Waals surface area contributed by atoms with E-state index in [0.29, 0.717) is 11.3 Å². The van der Waals surface area contributed by atoms with Crippen molar-refractivity contribution in [1.82, 2.24) is 5.32 Å². The van der Waals surface area contributed by atoms with Crippen LogP contribution in [0.3, 0.4) is 0 Å². The Morgan fingerprint density at radius 2 is 2.11 bits per heavy atom. The van der Waals surface area contributed by atoms with E-state index >= 15 is 0 Å². The summed E-state index contributed by atoms with van der Waals surface area (Å²) in [5.41, 5.74) is 1.10. The Hall–Kier alpha value is -2.39. The monoisotopic (exact) mass is 245 g/mol. The van der Waals surface area contributed by atoms with Gasteiger partial charge in [-0.1, -0.05) is 0 Å². The van der Waals surface area contributed by atoms with Gasteiger partial charge in [0.25, 0.3) is 0 Å². The Balaban J connectivity index is 2.21. The summed E-state index contributed by atoms with van der Waals surface area (Å²) in [5.74, 6) is -1.17. The van der Waals surface area contributed by atoms with Crippen LogP contribution in [0.25, 0.3) is 0 Å². The molecule has 6 nitrogen and oxygen atoms in total. The predicted octanol–water partition coefficient (Wildman–Crippen LogP) is -0.0523. The lowest BCUT2D eigenvalue weighted by molar-refractivity contribution is -0.139. The number of anilines is 1. The molecule has 1 atom stereocenters. The van der Waals surface area contributed by atoms with Crippen molar-refractivity contribution in [3.63, 3.8) is 0 Å². The van der Waals surface area contributed by atoms with Crippen molar-refractivity contribution >= 4 is 17.6 Å². The summed E-state index contributed by atoms with van der Waals surface area (Å²) in [6, 6.07) is 7.69. The molecule has 2 rings (SSSR count). The van der Waals surface area contributed by atoms with Gasteiger partial charge in [0, 0.05) is 5.69 Å². The Kier molecular flexibility index (Phi) is 3.26. The number of hydrogen-bond acceptors (Lipinski definition) is 4. The van der Waals surface area contributed by atoms with Gasteiger partial charge in [0.2, 0.25) is 5.91 Å². The maximum atomic E-state index is 11.7. The lowest BCUT2D eigenvalue weighted by Gasteiger charge is -2.31. The van der Waals surface area contributed by atoms with Crippen LogP contribution >= 0.6 is 0 Å². The maximum absolute atomic E-state index is 11.7. The number of rotatable bonds is 2. The Bertz CT molecular complexity index is 518. The molecule has 92 valence electrons. The summed E-state index contributed by atoms with van der Waals surface area (Å²) in [6.45, 7) is 0.0804. The fourth-order valence-corrected chi connectivity index (χ4v) is 1.79. The zero-order valence-corrected chi connectivity index (χ0v) is 9.46. The molecule has 1 fully saturated rings. The van der Waals surface area contributed by atoms with Crippen LogP contribution in [0.5, 0.6) is 0 Å². The van der Waals surface area contributed by atoms with Gasteiger partial charge < -0.3 is 10.0 Å². The van der Waals surface area contributed by atoms with E-state index in [2.05, 4.69) is 5.32 Å². The van der Waals surface area contributed by atoms with Crippen molar-refractivity contribution in [2.45, 2.75) is 6.04 Å². The molecule has 0 saturated carbocycles. The van der Waals surface area contributed by atoms with Gasteiger partial charge in [-0.3, -0.25) is 14.9 Å². The third-order valence-corrected chi connectivity index (χ3v) is 2.77. The molecule has 1 aromatic rings. The van der Waals surface area contributed by atoms with Crippen molar-refractivity contribution in [2.75, 3.05) is 18.0 Å². The number of carboxylic acid groups (broad SMARTS) is 1. The molecule has 1 amide bonds. The highest BCUT2D eigenvalue weighted by Crippen LogP contribution is 2.17. The topological polar surface area (TPSA) is 93.4 Å². The van der Waals surface area contributed by atoms with Crippen molar-refractivity contribution in [2.24, 2.45) is 0 Å². The van der Waals surface area contributed by atoms with Crippen LogP contribution in [-0.2, 0) is 9.59 Å². The predicted molar refractivity (Wildman–Crippen MR) is 62.9 cm³/mol. The van der Waals surface area contributed by atoms with Crippen LogP contribution < -0.4 is 10.2 Å². The lowest BCUT2D eigenvalue weighted by Crippen LogP contribution is -2.57. The number of nitriles is 1. The first-order chi connectivity index (χ1) is 8.61. The van der Waals surface area contributed by atoms with Crippen LogP contribution in [0.4, 0.5) is 5.69 Å². The minimum atomic E-state index is -0.985. The third kappa shape index (κ3) is 2.31. The molecule has 0 aliphatic carbocycles. The van der Waals surface area contributed by atoms with Crippen LogP contribution in [0.1, 0.15) is 5.56 Å². The van der Waals surface area contributed by atoms with E-state index < -0.39 is 12.0 Å². The Morgan fingerprint density at radius 1 is 1.44 bits per heavy atom. The zero-order chi connectivity index (χ0) is 13.1. The van der Waals surface area contributed by atoms with E-state index in [1.165, 1.54) is 4.90 Å². The lowest BCUT2D eigenvalue weighted by atomic mass is 10.1. The average Bonchev–Trinajstić information content (AvgIpc) is 2.39. The van der Waals surface area contributed by atoms with Crippen molar-refractivity contribution in [3.05, 3.63) is 29.8 Å². The molecule has 0 spiro atoms. The molecule has 1 aliphatic heterocycles. The molecule has 18 heavy (non-hydrogen) atoms. The minimum Gasteiger partial charge on any atom is -0.480 e. The first-order valence-electron chi connectivity index (χ1n) is 5.38. The van der Waals surface area contributed by atoms with Crippen molar-refractivity contribution in [3.8, 4) is 6.07 Å². The number of hydrogen-bond donors (Lipinski definition) is 2. The van der Waals surface area contributed by atoms with Crippen LogP contribution in [0.15, 0.2) is 24.3 Å². The van der Waals surface area contributed by atoms with E-state index in [-0.39, 0.29) is 19.0 Å². The van der Waals surface area contributed by atoms with E-state index in [4.69, 9.17) is 10.4 Å². The Labute approximate surface area is 103 Å². The summed E-state index contributed by atoms with van der Waals surface area (Å²) < 4.78 is 0. The van der Waals surface area contributed by atoms with E-state index in [1.807, 2.05) is 6.07 Å². The zero-order valence-electron chi connectivity index (χ0n) is 9.46. The van der Waals surface area contributed by atoms with Crippen LogP contribution in [0.2, 0.25) is 0 Å². The largest absolute Gasteiger partial charge is 0.480 e. The number of amides is 1. The van der Waals surface area contributed by atoms with Gasteiger partial charge in [0.05, 0.1) is 24.7 Å². The fraction of sp³-hybridized carbons (Fsp3) is 0.250. The highest BCUT2D eigenvalue weighted by atomic mass is 16.4. The van der Waals surface area contributed by atoms with Crippen molar-refractivity contribution in [1.29, 1.82) is 5.26 Å². The van der Waals surface area contributed by atoms with Gasteiger partial charge in [-0.05, 0) is 24.3 Å². The first kappa shape index (κ1) is 12.1. The van der Waals surface area contributed by atoms with Gasteiger partial charge in [-0.2, -0.15) is 5.26 Å². The highest BCUT2D eigenvalue weighted by Gasteiger charge is 2.30. The fourth-order valence-electron chi connectivity index (χ4n) is 1.79. The van der Waals surface area contributed by atoms with Gasteiger partial charge in [-0.25, -0.2) is 0 Å². The number of carbonyl (C=O) groups is 2. The molecule has 1 heterocycles. The second-order valence-corrected chi connectivity index (χ2v) is 3.93. The van der Waals surface area contributed by atoms with E-state index in [9.17, 15) is 9.59 Å². The van der Waals surface area contributed by atoms with Gasteiger partial charge in [0.1, 0.15) is 6.04 Å². The second kappa shape index (κ2) is 4.85. The summed E-state index contributed by atoms with van der Waals surface area (Å²) in [4.78, 5) is 24.0. The molecular formula is C12H11N3O3. The molecule has 2 N–H and O–H groups in total. The molecule has 1 saturated heterocycles. The van der Waals surface area contributed by atoms with Gasteiger partial charge in [-0.15, -0.1) is 0 Å². The Morgan fingerprint density at radius 3 is 2.67 bits per heavy atom. The molecule has 1 aromatic carbocycles. The molecular weight excluding hydrogens is 234 g/mol. The van der Waals surface area contributed by atoms with Gasteiger partial charge >= 0.3 is 5.97 Å².